The maximum atomic E-state index is 12.1. The monoisotopic (exact) mass is 419 g/mol. The van der Waals surface area contributed by atoms with Crippen LogP contribution in [0.15, 0.2) is 53.0 Å². The number of rotatable bonds is 7. The molecular weight excluding hydrogens is 400 g/mol. The van der Waals surface area contributed by atoms with Gasteiger partial charge in [0.15, 0.2) is 13.1 Å². The Kier molecular flexibility index (Phi) is 6.88. The normalized spacial score (nSPS) is 11.5. The molecule has 0 saturated carbocycles. The molecule has 0 heterocycles. The van der Waals surface area contributed by atoms with Crippen LogP contribution in [0, 0.1) is 0 Å². The van der Waals surface area contributed by atoms with Gasteiger partial charge in [0.2, 0.25) is 5.91 Å². The standard InChI is InChI=1S/C18H19BrN4O3/c1-23(11-17(25)22-15-5-3-2-4-14(15)19)10-16(24)21-13-8-6-12(7-9-13)18(20)26/h2-9H,10-11H2,1H3,(H2,20,26)(H,21,24)(H,22,25)/p+1. The number of nitrogens with one attached hydrogen (secondary N) is 3. The number of anilines is 2. The summed E-state index contributed by atoms with van der Waals surface area (Å²) in [5.41, 5.74) is 6.79. The van der Waals surface area contributed by atoms with Gasteiger partial charge in [0.25, 0.3) is 11.8 Å². The minimum absolute atomic E-state index is 0.126. The zero-order valence-electron chi connectivity index (χ0n) is 14.2. The first-order chi connectivity index (χ1) is 12.3. The van der Waals surface area contributed by atoms with Crippen molar-refractivity contribution in [2.24, 2.45) is 5.73 Å². The topological polar surface area (TPSA) is 106 Å². The van der Waals surface area contributed by atoms with Gasteiger partial charge < -0.3 is 21.3 Å². The Morgan fingerprint density at radius 2 is 1.54 bits per heavy atom. The lowest BCUT2D eigenvalue weighted by Gasteiger charge is -2.14. The summed E-state index contributed by atoms with van der Waals surface area (Å²) in [6, 6.07) is 13.6. The number of primary amides is 1. The van der Waals surface area contributed by atoms with E-state index in [9.17, 15) is 14.4 Å². The highest BCUT2D eigenvalue weighted by Crippen LogP contribution is 2.20. The maximum Gasteiger partial charge on any atom is 0.279 e. The average Bonchev–Trinajstić information content (AvgIpc) is 2.57. The largest absolute Gasteiger partial charge is 0.366 e. The van der Waals surface area contributed by atoms with Gasteiger partial charge in [0.1, 0.15) is 0 Å². The Bertz CT molecular complexity index is 808. The van der Waals surface area contributed by atoms with E-state index in [1.54, 1.807) is 37.4 Å². The number of hydrogen-bond acceptors (Lipinski definition) is 3. The summed E-state index contributed by atoms with van der Waals surface area (Å²) >= 11 is 3.37. The Labute approximate surface area is 159 Å². The number of nitrogens with two attached hydrogens (primary N) is 1. The van der Waals surface area contributed by atoms with Crippen LogP contribution >= 0.6 is 15.9 Å². The molecule has 8 heteroatoms. The molecule has 0 saturated heterocycles. The molecule has 0 aliphatic carbocycles. The van der Waals surface area contributed by atoms with Crippen LogP contribution in [0.5, 0.6) is 0 Å². The van der Waals surface area contributed by atoms with E-state index < -0.39 is 5.91 Å². The van der Waals surface area contributed by atoms with Crippen molar-refractivity contribution in [1.29, 1.82) is 0 Å². The third-order valence-electron chi connectivity index (χ3n) is 3.53. The Balaban J connectivity index is 1.82. The molecule has 136 valence electrons. The fraction of sp³-hybridized carbons (Fsp3) is 0.167. The molecule has 7 nitrogen and oxygen atoms in total. The van der Waals surface area contributed by atoms with Gasteiger partial charge in [0, 0.05) is 15.7 Å². The first-order valence-electron chi connectivity index (χ1n) is 7.90. The summed E-state index contributed by atoms with van der Waals surface area (Å²) in [4.78, 5) is 35.9. The van der Waals surface area contributed by atoms with Crippen LogP contribution in [-0.2, 0) is 9.59 Å². The molecule has 0 spiro atoms. The van der Waals surface area contributed by atoms with Crippen molar-refractivity contribution in [3.63, 3.8) is 0 Å². The zero-order chi connectivity index (χ0) is 19.1. The Hall–Kier alpha value is -2.71. The van der Waals surface area contributed by atoms with E-state index in [1.165, 1.54) is 0 Å². The Morgan fingerprint density at radius 3 is 2.12 bits per heavy atom. The molecule has 2 aromatic rings. The van der Waals surface area contributed by atoms with Gasteiger partial charge in [-0.25, -0.2) is 0 Å². The van der Waals surface area contributed by atoms with E-state index in [-0.39, 0.29) is 24.9 Å². The summed E-state index contributed by atoms with van der Waals surface area (Å²) in [7, 11) is 1.76. The van der Waals surface area contributed by atoms with E-state index in [0.29, 0.717) is 16.9 Å². The van der Waals surface area contributed by atoms with Crippen LogP contribution in [0.2, 0.25) is 0 Å². The smallest absolute Gasteiger partial charge is 0.279 e. The van der Waals surface area contributed by atoms with E-state index in [2.05, 4.69) is 26.6 Å². The highest BCUT2D eigenvalue weighted by molar-refractivity contribution is 9.10. The van der Waals surface area contributed by atoms with Crippen molar-refractivity contribution in [2.45, 2.75) is 0 Å². The van der Waals surface area contributed by atoms with Crippen molar-refractivity contribution in [3.05, 3.63) is 58.6 Å². The van der Waals surface area contributed by atoms with Crippen LogP contribution in [0.4, 0.5) is 11.4 Å². The number of amides is 3. The summed E-state index contributed by atoms with van der Waals surface area (Å²) in [6.45, 7) is 0.274. The van der Waals surface area contributed by atoms with Gasteiger partial charge in [-0.05, 0) is 52.3 Å². The molecule has 2 rings (SSSR count). The lowest BCUT2D eigenvalue weighted by Crippen LogP contribution is -3.11. The second-order valence-electron chi connectivity index (χ2n) is 5.83. The second kappa shape index (κ2) is 9.12. The third-order valence-corrected chi connectivity index (χ3v) is 4.22. The minimum Gasteiger partial charge on any atom is -0.366 e. The molecule has 1 unspecified atom stereocenters. The molecule has 26 heavy (non-hydrogen) atoms. The predicted molar refractivity (Wildman–Crippen MR) is 103 cm³/mol. The molecule has 0 fully saturated rings. The van der Waals surface area contributed by atoms with E-state index in [1.807, 2.05) is 18.2 Å². The first-order valence-corrected chi connectivity index (χ1v) is 8.70. The van der Waals surface area contributed by atoms with Crippen LogP contribution < -0.4 is 21.3 Å². The quantitative estimate of drug-likeness (QED) is 0.528. The van der Waals surface area contributed by atoms with Crippen LogP contribution in [0.3, 0.4) is 0 Å². The van der Waals surface area contributed by atoms with Gasteiger partial charge in [0.05, 0.1) is 12.7 Å². The van der Waals surface area contributed by atoms with Gasteiger partial charge >= 0.3 is 0 Å². The third kappa shape index (κ3) is 5.98. The summed E-state index contributed by atoms with van der Waals surface area (Å²) in [6.07, 6.45) is 0. The first kappa shape index (κ1) is 19.6. The van der Waals surface area contributed by atoms with Crippen LogP contribution in [0.1, 0.15) is 10.4 Å². The zero-order valence-corrected chi connectivity index (χ0v) is 15.8. The number of halogens is 1. The number of benzene rings is 2. The van der Waals surface area contributed by atoms with Gasteiger partial charge in [-0.15, -0.1) is 0 Å². The number of quaternary nitrogens is 1. The van der Waals surface area contributed by atoms with Crippen molar-refractivity contribution in [3.8, 4) is 0 Å². The van der Waals surface area contributed by atoms with Gasteiger partial charge in [-0.1, -0.05) is 12.1 Å². The maximum absolute atomic E-state index is 12.1. The SMILES string of the molecule is C[NH+](CC(=O)Nc1ccc(C(N)=O)cc1)CC(=O)Nc1ccccc1Br. The fourth-order valence-corrected chi connectivity index (χ4v) is 2.67. The fourth-order valence-electron chi connectivity index (χ4n) is 2.29. The molecule has 3 amide bonds. The molecule has 0 radical (unpaired) electrons. The van der Waals surface area contributed by atoms with Gasteiger partial charge in [-0.2, -0.15) is 0 Å². The lowest BCUT2D eigenvalue weighted by molar-refractivity contribution is -0.862. The average molecular weight is 420 g/mol. The van der Waals surface area contributed by atoms with E-state index in [0.717, 1.165) is 9.37 Å². The van der Waals surface area contributed by atoms with E-state index in [4.69, 9.17) is 5.73 Å². The molecule has 2 aromatic carbocycles. The minimum atomic E-state index is -0.525. The van der Waals surface area contributed by atoms with E-state index >= 15 is 0 Å². The van der Waals surface area contributed by atoms with Crippen molar-refractivity contribution >= 4 is 45.0 Å². The summed E-state index contributed by atoms with van der Waals surface area (Å²) in [5, 5.41) is 5.52. The summed E-state index contributed by atoms with van der Waals surface area (Å²) < 4.78 is 0.795. The number of para-hydroxylation sites is 1. The number of hydrogen-bond donors (Lipinski definition) is 4. The second-order valence-corrected chi connectivity index (χ2v) is 6.68. The highest BCUT2D eigenvalue weighted by Gasteiger charge is 2.15. The van der Waals surface area contributed by atoms with Crippen LogP contribution in [-0.4, -0.2) is 37.9 Å². The number of carbonyl (C=O) groups excluding carboxylic acids is 3. The van der Waals surface area contributed by atoms with Crippen molar-refractivity contribution < 1.29 is 19.3 Å². The number of likely N-dealkylation sites (N-methyl/N-ethyl adjacent to an activating group) is 1. The lowest BCUT2D eigenvalue weighted by atomic mass is 10.2. The predicted octanol–water partition coefficient (Wildman–Crippen LogP) is 0.640. The van der Waals surface area contributed by atoms with Crippen LogP contribution in [0.25, 0.3) is 0 Å². The molecule has 0 aliphatic heterocycles. The Morgan fingerprint density at radius 1 is 0.962 bits per heavy atom. The molecular formula is C18H20BrN4O3+. The molecule has 5 N–H and O–H groups in total. The summed E-state index contributed by atoms with van der Waals surface area (Å²) in [5.74, 6) is -0.945. The molecule has 0 aliphatic rings. The van der Waals surface area contributed by atoms with Crippen molar-refractivity contribution in [1.82, 2.24) is 0 Å². The highest BCUT2D eigenvalue weighted by atomic mass is 79.9. The molecule has 0 aromatic heterocycles. The molecule has 1 atom stereocenters. The molecule has 0 bridgehead atoms. The van der Waals surface area contributed by atoms with Crippen molar-refractivity contribution in [2.75, 3.05) is 30.8 Å². The number of carbonyl (C=O) groups is 3. The van der Waals surface area contributed by atoms with Gasteiger partial charge in [-0.3, -0.25) is 14.4 Å².